The van der Waals surface area contributed by atoms with E-state index in [-0.39, 0.29) is 6.61 Å². The molecule has 24 heavy (non-hydrogen) atoms. The molecule has 0 fully saturated rings. The number of allylic oxidation sites excluding steroid dienone is 1. The number of carbonyl (C=O) groups excluding carboxylic acids is 1. The first-order valence-corrected chi connectivity index (χ1v) is 8.57. The van der Waals surface area contributed by atoms with Crippen LogP contribution in [0.1, 0.15) is 42.7 Å². The van der Waals surface area contributed by atoms with Gasteiger partial charge >= 0.3 is 12.1 Å². The van der Waals surface area contributed by atoms with Gasteiger partial charge < -0.3 is 4.74 Å². The highest BCUT2D eigenvalue weighted by Crippen LogP contribution is 2.40. The number of rotatable bonds is 5. The van der Waals surface area contributed by atoms with Crippen molar-refractivity contribution in [2.45, 2.75) is 39.8 Å². The molecule has 1 aromatic heterocycles. The van der Waals surface area contributed by atoms with E-state index in [1.165, 1.54) is 29.5 Å². The molecule has 0 aliphatic carbocycles. The minimum atomic E-state index is -4.36. The zero-order valence-corrected chi connectivity index (χ0v) is 14.6. The Morgan fingerprint density at radius 2 is 2.00 bits per heavy atom. The number of ether oxygens (including phenoxy) is 1. The van der Waals surface area contributed by atoms with Crippen LogP contribution in [0.4, 0.5) is 13.2 Å². The molecule has 0 saturated heterocycles. The van der Waals surface area contributed by atoms with Gasteiger partial charge in [0.25, 0.3) is 0 Å². The van der Waals surface area contributed by atoms with Crippen LogP contribution in [0.2, 0.25) is 0 Å². The number of aryl methyl sites for hydroxylation is 1. The van der Waals surface area contributed by atoms with Crippen molar-refractivity contribution in [1.82, 2.24) is 0 Å². The third-order valence-electron chi connectivity index (χ3n) is 3.66. The lowest BCUT2D eigenvalue weighted by atomic mass is 10.0. The van der Waals surface area contributed by atoms with Crippen LogP contribution in [0.25, 0.3) is 15.7 Å². The Labute approximate surface area is 142 Å². The molecule has 0 N–H and O–H groups in total. The predicted molar refractivity (Wildman–Crippen MR) is 91.1 cm³/mol. The van der Waals surface area contributed by atoms with Crippen LogP contribution < -0.4 is 0 Å². The largest absolute Gasteiger partial charge is 0.463 e. The average Bonchev–Trinajstić information content (AvgIpc) is 2.83. The van der Waals surface area contributed by atoms with E-state index in [1.54, 1.807) is 6.92 Å². The standard InChI is InChI=1S/C18H19F3O2S/c1-4-6-12(9-16(22)23-5-2)17-11(3)14-8-7-13(18(19,20)21)10-15(14)24-17/h7-10H,4-6H2,1-3H3/b12-9+. The predicted octanol–water partition coefficient (Wildman–Crippen LogP) is 5.98. The van der Waals surface area contributed by atoms with Gasteiger partial charge in [0.2, 0.25) is 0 Å². The van der Waals surface area contributed by atoms with Gasteiger partial charge in [-0.1, -0.05) is 19.4 Å². The molecule has 0 aliphatic heterocycles. The minimum Gasteiger partial charge on any atom is -0.463 e. The molecule has 0 saturated carbocycles. The Hall–Kier alpha value is -1.82. The molecule has 1 aromatic carbocycles. The van der Waals surface area contributed by atoms with E-state index in [2.05, 4.69) is 0 Å². The Morgan fingerprint density at radius 3 is 2.58 bits per heavy atom. The Kier molecular flexibility index (Phi) is 5.70. The van der Waals surface area contributed by atoms with Crippen molar-refractivity contribution < 1.29 is 22.7 Å². The maximum absolute atomic E-state index is 12.9. The third-order valence-corrected chi connectivity index (χ3v) is 4.99. The Bertz CT molecular complexity index is 772. The lowest BCUT2D eigenvalue weighted by Gasteiger charge is -2.06. The van der Waals surface area contributed by atoms with Crippen molar-refractivity contribution in [2.24, 2.45) is 0 Å². The molecule has 2 rings (SSSR count). The van der Waals surface area contributed by atoms with Crippen LogP contribution in [-0.4, -0.2) is 12.6 Å². The van der Waals surface area contributed by atoms with Crippen LogP contribution in [-0.2, 0) is 15.7 Å². The van der Waals surface area contributed by atoms with Crippen LogP contribution >= 0.6 is 11.3 Å². The normalized spacial score (nSPS) is 12.7. The van der Waals surface area contributed by atoms with E-state index >= 15 is 0 Å². The summed E-state index contributed by atoms with van der Waals surface area (Å²) in [5.74, 6) is -0.422. The molecule has 130 valence electrons. The molecule has 0 radical (unpaired) electrons. The smallest absolute Gasteiger partial charge is 0.416 e. The first kappa shape index (κ1) is 18.5. The van der Waals surface area contributed by atoms with E-state index < -0.39 is 17.7 Å². The van der Waals surface area contributed by atoms with E-state index in [1.807, 2.05) is 13.8 Å². The molecule has 2 nitrogen and oxygen atoms in total. The number of benzene rings is 1. The third kappa shape index (κ3) is 3.98. The minimum absolute atomic E-state index is 0.287. The van der Waals surface area contributed by atoms with Crippen molar-refractivity contribution in [3.05, 3.63) is 40.3 Å². The fourth-order valence-electron chi connectivity index (χ4n) is 2.55. The van der Waals surface area contributed by atoms with Gasteiger partial charge in [0, 0.05) is 15.7 Å². The fourth-order valence-corrected chi connectivity index (χ4v) is 3.85. The maximum atomic E-state index is 12.9. The molecular weight excluding hydrogens is 337 g/mol. The van der Waals surface area contributed by atoms with Gasteiger partial charge in [0.15, 0.2) is 0 Å². The number of carbonyl (C=O) groups is 1. The fraction of sp³-hybridized carbons (Fsp3) is 0.389. The molecule has 0 bridgehead atoms. The second-order valence-corrected chi connectivity index (χ2v) is 6.49. The van der Waals surface area contributed by atoms with Crippen LogP contribution in [0.3, 0.4) is 0 Å². The number of hydrogen-bond donors (Lipinski definition) is 0. The molecule has 0 unspecified atom stereocenters. The highest BCUT2D eigenvalue weighted by atomic mass is 32.1. The zero-order valence-electron chi connectivity index (χ0n) is 13.8. The van der Waals surface area contributed by atoms with Crippen molar-refractivity contribution in [3.63, 3.8) is 0 Å². The number of thiophene rings is 1. The summed E-state index contributed by atoms with van der Waals surface area (Å²) in [5.41, 5.74) is 1.05. The summed E-state index contributed by atoms with van der Waals surface area (Å²) in [7, 11) is 0. The second kappa shape index (κ2) is 7.38. The molecule has 0 atom stereocenters. The molecule has 0 spiro atoms. The number of esters is 1. The van der Waals surface area contributed by atoms with Gasteiger partial charge in [-0.05, 0) is 48.9 Å². The molecule has 0 amide bonds. The van der Waals surface area contributed by atoms with Gasteiger partial charge in [-0.3, -0.25) is 0 Å². The summed E-state index contributed by atoms with van der Waals surface area (Å²) in [5, 5.41) is 0.786. The van der Waals surface area contributed by atoms with E-state index in [0.717, 1.165) is 33.9 Å². The first-order chi connectivity index (χ1) is 11.3. The summed E-state index contributed by atoms with van der Waals surface area (Å²) in [6.45, 7) is 5.88. The second-order valence-electron chi connectivity index (χ2n) is 5.44. The number of halogens is 3. The lowest BCUT2D eigenvalue weighted by molar-refractivity contribution is -0.138. The summed E-state index contributed by atoms with van der Waals surface area (Å²) in [6, 6.07) is 3.77. The van der Waals surface area contributed by atoms with Crippen LogP contribution in [0.5, 0.6) is 0 Å². The van der Waals surface area contributed by atoms with E-state index in [4.69, 9.17) is 4.74 Å². The first-order valence-electron chi connectivity index (χ1n) is 7.76. The van der Waals surface area contributed by atoms with Crippen molar-refractivity contribution in [2.75, 3.05) is 6.61 Å². The van der Waals surface area contributed by atoms with Crippen LogP contribution in [0, 0.1) is 6.92 Å². The number of alkyl halides is 3. The Morgan fingerprint density at radius 1 is 1.29 bits per heavy atom. The lowest BCUT2D eigenvalue weighted by Crippen LogP contribution is -2.03. The molecule has 2 aromatic rings. The molecule has 6 heteroatoms. The topological polar surface area (TPSA) is 26.3 Å². The summed E-state index contributed by atoms with van der Waals surface area (Å²) in [4.78, 5) is 12.6. The number of hydrogen-bond acceptors (Lipinski definition) is 3. The number of fused-ring (bicyclic) bond motifs is 1. The quantitative estimate of drug-likeness (QED) is 0.487. The Balaban J connectivity index is 2.53. The average molecular weight is 356 g/mol. The van der Waals surface area contributed by atoms with Gasteiger partial charge in [-0.25, -0.2) is 4.79 Å². The maximum Gasteiger partial charge on any atom is 0.416 e. The summed E-state index contributed by atoms with van der Waals surface area (Å²) in [6.07, 6.45) is -1.42. The van der Waals surface area contributed by atoms with Crippen molar-refractivity contribution in [1.29, 1.82) is 0 Å². The van der Waals surface area contributed by atoms with Gasteiger partial charge in [0.05, 0.1) is 12.2 Å². The monoisotopic (exact) mass is 356 g/mol. The van der Waals surface area contributed by atoms with Gasteiger partial charge in [-0.15, -0.1) is 11.3 Å². The van der Waals surface area contributed by atoms with Gasteiger partial charge in [0.1, 0.15) is 0 Å². The molecule has 0 aliphatic rings. The van der Waals surface area contributed by atoms with E-state index in [9.17, 15) is 18.0 Å². The van der Waals surface area contributed by atoms with E-state index in [0.29, 0.717) is 11.1 Å². The highest BCUT2D eigenvalue weighted by molar-refractivity contribution is 7.20. The van der Waals surface area contributed by atoms with Gasteiger partial charge in [-0.2, -0.15) is 13.2 Å². The SMILES string of the molecule is CCC/C(=C\C(=O)OCC)c1sc2cc(C(F)(F)F)ccc2c1C. The van der Waals surface area contributed by atoms with Crippen molar-refractivity contribution >= 4 is 33.0 Å². The zero-order chi connectivity index (χ0) is 17.9. The van der Waals surface area contributed by atoms with Crippen molar-refractivity contribution in [3.8, 4) is 0 Å². The molecular formula is C18H19F3O2S. The van der Waals surface area contributed by atoms with Crippen LogP contribution in [0.15, 0.2) is 24.3 Å². The summed E-state index contributed by atoms with van der Waals surface area (Å²) >= 11 is 1.29. The highest BCUT2D eigenvalue weighted by Gasteiger charge is 2.31. The summed E-state index contributed by atoms with van der Waals surface area (Å²) < 4.78 is 44.2. The molecule has 1 heterocycles.